The van der Waals surface area contributed by atoms with Crippen molar-refractivity contribution in [1.29, 1.82) is 0 Å². The lowest BCUT2D eigenvalue weighted by Crippen LogP contribution is -2.46. The minimum atomic E-state index is 0.316. The van der Waals surface area contributed by atoms with Crippen LogP contribution in [0.4, 0.5) is 0 Å². The number of hydrogen-bond acceptors (Lipinski definition) is 4. The van der Waals surface area contributed by atoms with Gasteiger partial charge in [-0.15, -0.1) is 0 Å². The molecule has 1 aromatic heterocycles. The fourth-order valence-corrected chi connectivity index (χ4v) is 2.28. The highest BCUT2D eigenvalue weighted by molar-refractivity contribution is 5.16. The van der Waals surface area contributed by atoms with E-state index in [-0.39, 0.29) is 0 Å². The molecule has 1 atom stereocenters. The predicted octanol–water partition coefficient (Wildman–Crippen LogP) is 1.20. The maximum atomic E-state index is 5.75. The lowest BCUT2D eigenvalue weighted by Gasteiger charge is -2.32. The molecule has 0 bridgehead atoms. The maximum absolute atomic E-state index is 5.75. The van der Waals surface area contributed by atoms with Gasteiger partial charge in [-0.1, -0.05) is 13.0 Å². The third-order valence-corrected chi connectivity index (χ3v) is 3.30. The second kappa shape index (κ2) is 6.83. The van der Waals surface area contributed by atoms with E-state index in [1.54, 1.807) is 0 Å². The van der Waals surface area contributed by atoms with Crippen molar-refractivity contribution in [3.63, 3.8) is 0 Å². The van der Waals surface area contributed by atoms with E-state index in [1.807, 2.05) is 12.4 Å². The summed E-state index contributed by atoms with van der Waals surface area (Å²) < 4.78 is 5.75. The monoisotopic (exact) mass is 249 g/mol. The molecule has 18 heavy (non-hydrogen) atoms. The zero-order chi connectivity index (χ0) is 12.8. The fourth-order valence-electron chi connectivity index (χ4n) is 2.28. The average Bonchev–Trinajstić information content (AvgIpc) is 2.39. The summed E-state index contributed by atoms with van der Waals surface area (Å²) >= 11 is 0. The third-order valence-electron chi connectivity index (χ3n) is 3.30. The molecule has 1 unspecified atom stereocenters. The molecule has 1 saturated heterocycles. The quantitative estimate of drug-likeness (QED) is 0.851. The van der Waals surface area contributed by atoms with Crippen LogP contribution in [0.15, 0.2) is 18.5 Å². The van der Waals surface area contributed by atoms with Crippen LogP contribution in [0.1, 0.15) is 18.1 Å². The van der Waals surface area contributed by atoms with Gasteiger partial charge in [0.05, 0.1) is 12.7 Å². The lowest BCUT2D eigenvalue weighted by atomic mass is 10.2. The molecule has 1 fully saturated rings. The number of morpholine rings is 1. The summed E-state index contributed by atoms with van der Waals surface area (Å²) in [7, 11) is 0. The number of pyridine rings is 1. The van der Waals surface area contributed by atoms with Crippen molar-refractivity contribution < 1.29 is 4.74 Å². The van der Waals surface area contributed by atoms with E-state index in [2.05, 4.69) is 35.1 Å². The van der Waals surface area contributed by atoms with Crippen LogP contribution in [0.3, 0.4) is 0 Å². The Bertz CT molecular complexity index is 370. The van der Waals surface area contributed by atoms with Gasteiger partial charge in [-0.25, -0.2) is 0 Å². The maximum Gasteiger partial charge on any atom is 0.0826 e. The van der Waals surface area contributed by atoms with Gasteiger partial charge in [0.1, 0.15) is 0 Å². The number of nitrogens with one attached hydrogen (secondary N) is 1. The van der Waals surface area contributed by atoms with E-state index < -0.39 is 0 Å². The average molecular weight is 249 g/mol. The second-order valence-electron chi connectivity index (χ2n) is 4.89. The van der Waals surface area contributed by atoms with Crippen molar-refractivity contribution in [2.24, 2.45) is 0 Å². The van der Waals surface area contributed by atoms with E-state index >= 15 is 0 Å². The summed E-state index contributed by atoms with van der Waals surface area (Å²) in [5.74, 6) is 0. The van der Waals surface area contributed by atoms with Crippen molar-refractivity contribution in [2.45, 2.75) is 26.5 Å². The van der Waals surface area contributed by atoms with Gasteiger partial charge in [-0.3, -0.25) is 9.88 Å². The number of aromatic nitrogens is 1. The van der Waals surface area contributed by atoms with Gasteiger partial charge in [-0.05, 0) is 24.6 Å². The van der Waals surface area contributed by atoms with Crippen LogP contribution in [-0.4, -0.2) is 48.8 Å². The minimum Gasteiger partial charge on any atom is -0.374 e. The van der Waals surface area contributed by atoms with Gasteiger partial charge in [0.15, 0.2) is 0 Å². The van der Waals surface area contributed by atoms with E-state index in [4.69, 9.17) is 4.74 Å². The van der Waals surface area contributed by atoms with Crippen molar-refractivity contribution in [3.8, 4) is 0 Å². The number of rotatable bonds is 5. The molecule has 2 heterocycles. The SMILES string of the molecule is CCN1CCOC(CNCc2cncc(C)c2)C1. The van der Waals surface area contributed by atoms with Gasteiger partial charge in [0, 0.05) is 38.6 Å². The molecule has 2 rings (SSSR count). The molecule has 0 radical (unpaired) electrons. The van der Waals surface area contributed by atoms with E-state index in [0.717, 1.165) is 39.3 Å². The van der Waals surface area contributed by atoms with Crippen molar-refractivity contribution in [1.82, 2.24) is 15.2 Å². The molecule has 100 valence electrons. The van der Waals surface area contributed by atoms with Gasteiger partial charge < -0.3 is 10.1 Å². The van der Waals surface area contributed by atoms with E-state index in [9.17, 15) is 0 Å². The minimum absolute atomic E-state index is 0.316. The largest absolute Gasteiger partial charge is 0.374 e. The van der Waals surface area contributed by atoms with Crippen molar-refractivity contribution >= 4 is 0 Å². The van der Waals surface area contributed by atoms with Crippen LogP contribution in [0.25, 0.3) is 0 Å². The number of ether oxygens (including phenoxy) is 1. The first-order chi connectivity index (χ1) is 8.78. The molecule has 1 N–H and O–H groups in total. The Morgan fingerprint density at radius 2 is 2.39 bits per heavy atom. The molecule has 0 spiro atoms. The summed E-state index contributed by atoms with van der Waals surface area (Å²) in [6, 6.07) is 2.17. The molecule has 1 aromatic rings. The first-order valence-corrected chi connectivity index (χ1v) is 6.73. The standard InChI is InChI=1S/C14H23N3O/c1-3-17-4-5-18-14(11-17)10-16-9-13-6-12(2)7-15-8-13/h6-8,14,16H,3-5,9-11H2,1-2H3. The highest BCUT2D eigenvalue weighted by atomic mass is 16.5. The van der Waals surface area contributed by atoms with Gasteiger partial charge in [0.25, 0.3) is 0 Å². The van der Waals surface area contributed by atoms with Gasteiger partial charge >= 0.3 is 0 Å². The predicted molar refractivity (Wildman–Crippen MR) is 72.5 cm³/mol. The zero-order valence-corrected chi connectivity index (χ0v) is 11.4. The lowest BCUT2D eigenvalue weighted by molar-refractivity contribution is -0.0253. The Hall–Kier alpha value is -0.970. The van der Waals surface area contributed by atoms with Crippen LogP contribution in [0.5, 0.6) is 0 Å². The van der Waals surface area contributed by atoms with Crippen LogP contribution in [-0.2, 0) is 11.3 Å². The number of aryl methyl sites for hydroxylation is 1. The first-order valence-electron chi connectivity index (χ1n) is 6.73. The van der Waals surface area contributed by atoms with Crippen LogP contribution in [0.2, 0.25) is 0 Å². The first kappa shape index (κ1) is 13.5. The van der Waals surface area contributed by atoms with Crippen LogP contribution < -0.4 is 5.32 Å². The highest BCUT2D eigenvalue weighted by Gasteiger charge is 2.18. The second-order valence-corrected chi connectivity index (χ2v) is 4.89. The Morgan fingerprint density at radius 3 is 3.17 bits per heavy atom. The number of likely N-dealkylation sites (N-methyl/N-ethyl adjacent to an activating group) is 1. The van der Waals surface area contributed by atoms with Crippen LogP contribution >= 0.6 is 0 Å². The van der Waals surface area contributed by atoms with Gasteiger partial charge in [-0.2, -0.15) is 0 Å². The van der Waals surface area contributed by atoms with Crippen molar-refractivity contribution in [3.05, 3.63) is 29.6 Å². The van der Waals surface area contributed by atoms with Crippen LogP contribution in [0, 0.1) is 6.92 Å². The molecule has 0 aromatic carbocycles. The summed E-state index contributed by atoms with van der Waals surface area (Å²) in [6.07, 6.45) is 4.11. The summed E-state index contributed by atoms with van der Waals surface area (Å²) in [4.78, 5) is 6.63. The molecule has 1 aliphatic heterocycles. The Morgan fingerprint density at radius 1 is 1.50 bits per heavy atom. The molecule has 4 nitrogen and oxygen atoms in total. The molecule has 4 heteroatoms. The topological polar surface area (TPSA) is 37.4 Å². The third kappa shape index (κ3) is 4.05. The molecular weight excluding hydrogens is 226 g/mol. The molecule has 0 amide bonds. The van der Waals surface area contributed by atoms with Gasteiger partial charge in [0.2, 0.25) is 0 Å². The molecule has 1 aliphatic rings. The van der Waals surface area contributed by atoms with E-state index in [0.29, 0.717) is 6.10 Å². The molecular formula is C14H23N3O. The smallest absolute Gasteiger partial charge is 0.0826 e. The highest BCUT2D eigenvalue weighted by Crippen LogP contribution is 2.05. The normalized spacial score (nSPS) is 21.1. The number of hydrogen-bond donors (Lipinski definition) is 1. The Kier molecular flexibility index (Phi) is 5.11. The summed E-state index contributed by atoms with van der Waals surface area (Å²) in [5.41, 5.74) is 2.44. The number of nitrogens with zero attached hydrogens (tertiary/aromatic N) is 2. The summed E-state index contributed by atoms with van der Waals surface area (Å²) in [6.45, 7) is 10.1. The Labute approximate surface area is 109 Å². The van der Waals surface area contributed by atoms with Crippen molar-refractivity contribution in [2.75, 3.05) is 32.8 Å². The van der Waals surface area contributed by atoms with E-state index in [1.165, 1.54) is 11.1 Å². The Balaban J connectivity index is 1.72. The fraction of sp³-hybridized carbons (Fsp3) is 0.643. The molecule has 0 aliphatic carbocycles. The summed E-state index contributed by atoms with van der Waals surface area (Å²) in [5, 5.41) is 3.45. The molecule has 0 saturated carbocycles. The zero-order valence-electron chi connectivity index (χ0n) is 11.4.